The normalized spacial score (nSPS) is 14.3. The highest BCUT2D eigenvalue weighted by molar-refractivity contribution is 7.99. The largest absolute Gasteiger partial charge is 0.342 e. The number of nitrogens with one attached hydrogen (secondary N) is 2. The molecule has 2 heterocycles. The maximum absolute atomic E-state index is 13.8. The van der Waals surface area contributed by atoms with Gasteiger partial charge in [-0.3, -0.25) is 14.9 Å². The van der Waals surface area contributed by atoms with Crippen LogP contribution in [-0.2, 0) is 11.8 Å². The van der Waals surface area contributed by atoms with Gasteiger partial charge >= 0.3 is 0 Å². The second-order valence-electron chi connectivity index (χ2n) is 7.13. The van der Waals surface area contributed by atoms with E-state index in [1.165, 1.54) is 41.3 Å². The molecule has 0 unspecified atom stereocenters. The monoisotopic (exact) mass is 461 g/mol. The van der Waals surface area contributed by atoms with Gasteiger partial charge in [0.25, 0.3) is 5.91 Å². The molecule has 0 radical (unpaired) electrons. The third kappa shape index (κ3) is 5.07. The van der Waals surface area contributed by atoms with Crippen LogP contribution in [0.15, 0.2) is 29.4 Å². The summed E-state index contributed by atoms with van der Waals surface area (Å²) in [6.07, 6.45) is 2.26. The Hall–Kier alpha value is -2.86. The van der Waals surface area contributed by atoms with Gasteiger partial charge in [0.05, 0.1) is 17.4 Å². The van der Waals surface area contributed by atoms with Crippen LogP contribution in [0.4, 0.5) is 9.52 Å². The minimum Gasteiger partial charge on any atom is -0.342 e. The van der Waals surface area contributed by atoms with Crippen LogP contribution in [0.5, 0.6) is 0 Å². The second-order valence-corrected chi connectivity index (χ2v) is 9.08. The van der Waals surface area contributed by atoms with Crippen LogP contribution in [0.1, 0.15) is 52.9 Å². The van der Waals surface area contributed by atoms with Gasteiger partial charge in [-0.15, -0.1) is 20.4 Å². The van der Waals surface area contributed by atoms with Crippen molar-refractivity contribution >= 4 is 40.0 Å². The molecule has 0 spiro atoms. The SMILES string of the molecule is C[C@H](NC(=O)c1ccccc1F)c1nnc(SCC(=O)Nc2nnc(C3CC3)s2)n1C. The first-order valence-corrected chi connectivity index (χ1v) is 11.4. The van der Waals surface area contributed by atoms with E-state index in [1.54, 1.807) is 24.6 Å². The van der Waals surface area contributed by atoms with E-state index in [2.05, 4.69) is 31.0 Å². The predicted octanol–water partition coefficient (Wildman–Crippen LogP) is 2.90. The lowest BCUT2D eigenvalue weighted by Gasteiger charge is -2.14. The van der Waals surface area contributed by atoms with Crippen LogP contribution in [0, 0.1) is 5.82 Å². The van der Waals surface area contributed by atoms with Crippen molar-refractivity contribution in [3.05, 3.63) is 46.5 Å². The number of nitrogens with zero attached hydrogens (tertiary/aromatic N) is 5. The lowest BCUT2D eigenvalue weighted by Crippen LogP contribution is -2.29. The first-order valence-electron chi connectivity index (χ1n) is 9.63. The van der Waals surface area contributed by atoms with Gasteiger partial charge in [0, 0.05) is 13.0 Å². The average molecular weight is 462 g/mol. The van der Waals surface area contributed by atoms with Gasteiger partial charge in [-0.1, -0.05) is 35.2 Å². The quantitative estimate of drug-likeness (QED) is 0.496. The molecular formula is C19H20FN7O2S2. The molecule has 4 rings (SSSR count). The number of hydrogen-bond donors (Lipinski definition) is 2. The zero-order valence-electron chi connectivity index (χ0n) is 16.8. The van der Waals surface area contributed by atoms with Gasteiger partial charge in [0.1, 0.15) is 10.8 Å². The number of benzene rings is 1. The van der Waals surface area contributed by atoms with Crippen LogP contribution in [0.2, 0.25) is 0 Å². The fraction of sp³-hybridized carbons (Fsp3) is 0.368. The van der Waals surface area contributed by atoms with E-state index in [4.69, 9.17) is 0 Å². The second kappa shape index (κ2) is 9.10. The number of aromatic nitrogens is 5. The van der Waals surface area contributed by atoms with E-state index in [1.807, 2.05) is 0 Å². The molecule has 162 valence electrons. The van der Waals surface area contributed by atoms with Gasteiger partial charge in [0.2, 0.25) is 11.0 Å². The predicted molar refractivity (Wildman–Crippen MR) is 115 cm³/mol. The van der Waals surface area contributed by atoms with Gasteiger partial charge in [-0.2, -0.15) is 0 Å². The molecule has 3 aromatic rings. The third-order valence-electron chi connectivity index (χ3n) is 4.67. The number of hydrogen-bond acceptors (Lipinski definition) is 8. The Kier molecular flexibility index (Phi) is 6.28. The van der Waals surface area contributed by atoms with Gasteiger partial charge < -0.3 is 9.88 Å². The highest BCUT2D eigenvalue weighted by Crippen LogP contribution is 2.42. The van der Waals surface area contributed by atoms with Crippen molar-refractivity contribution in [3.63, 3.8) is 0 Å². The molecule has 31 heavy (non-hydrogen) atoms. The van der Waals surface area contributed by atoms with E-state index in [0.717, 1.165) is 17.8 Å². The van der Waals surface area contributed by atoms with Crippen molar-refractivity contribution in [2.45, 2.75) is 36.9 Å². The molecule has 0 bridgehead atoms. The maximum atomic E-state index is 13.8. The Morgan fingerprint density at radius 2 is 2.03 bits per heavy atom. The van der Waals surface area contributed by atoms with E-state index >= 15 is 0 Å². The van der Waals surface area contributed by atoms with Crippen molar-refractivity contribution < 1.29 is 14.0 Å². The molecule has 1 saturated carbocycles. The smallest absolute Gasteiger partial charge is 0.254 e. The van der Waals surface area contributed by atoms with Gasteiger partial charge in [0.15, 0.2) is 11.0 Å². The van der Waals surface area contributed by atoms with E-state index in [0.29, 0.717) is 22.0 Å². The topological polar surface area (TPSA) is 115 Å². The number of anilines is 1. The summed E-state index contributed by atoms with van der Waals surface area (Å²) in [6, 6.07) is 5.26. The van der Waals surface area contributed by atoms with Crippen LogP contribution in [-0.4, -0.2) is 42.5 Å². The Morgan fingerprint density at radius 3 is 2.77 bits per heavy atom. The molecule has 2 amide bonds. The first kappa shape index (κ1) is 21.4. The average Bonchev–Trinajstić information content (AvgIpc) is 3.38. The Bertz CT molecular complexity index is 1110. The number of amides is 2. The fourth-order valence-corrected chi connectivity index (χ4v) is 4.53. The Labute approximate surface area is 185 Å². The minimum atomic E-state index is -0.591. The van der Waals surface area contributed by atoms with Crippen molar-refractivity contribution in [3.8, 4) is 0 Å². The number of rotatable bonds is 8. The molecule has 1 aromatic carbocycles. The van der Waals surface area contributed by atoms with Crippen molar-refractivity contribution in [2.24, 2.45) is 7.05 Å². The highest BCUT2D eigenvalue weighted by Gasteiger charge is 2.28. The third-order valence-corrected chi connectivity index (χ3v) is 6.69. The summed E-state index contributed by atoms with van der Waals surface area (Å²) in [6.45, 7) is 1.73. The molecule has 0 aliphatic heterocycles. The number of halogens is 1. The summed E-state index contributed by atoms with van der Waals surface area (Å²) in [7, 11) is 1.74. The summed E-state index contributed by atoms with van der Waals surface area (Å²) >= 11 is 2.62. The molecule has 0 saturated heterocycles. The van der Waals surface area contributed by atoms with Crippen LogP contribution in [0.25, 0.3) is 0 Å². The van der Waals surface area contributed by atoms with Crippen LogP contribution < -0.4 is 10.6 Å². The molecule has 1 atom stereocenters. The van der Waals surface area contributed by atoms with Crippen LogP contribution in [0.3, 0.4) is 0 Å². The summed E-state index contributed by atoms with van der Waals surface area (Å²) in [5.74, 6) is -0.229. The van der Waals surface area contributed by atoms with E-state index < -0.39 is 17.8 Å². The lowest BCUT2D eigenvalue weighted by atomic mass is 10.2. The van der Waals surface area contributed by atoms with Crippen molar-refractivity contribution in [2.75, 3.05) is 11.1 Å². The molecular weight excluding hydrogens is 441 g/mol. The molecule has 2 aromatic heterocycles. The standard InChI is InChI=1S/C19H20FN7O2S2/c1-10(21-16(29)12-5-3-4-6-13(12)20)15-23-26-19(27(15)2)30-9-14(28)22-18-25-24-17(31-18)11-7-8-11/h3-6,10-11H,7-9H2,1-2H3,(H,21,29)(H,22,25,28)/t10-/m0/s1. The van der Waals surface area contributed by atoms with Crippen molar-refractivity contribution in [1.82, 2.24) is 30.3 Å². The summed E-state index contributed by atoms with van der Waals surface area (Å²) in [4.78, 5) is 24.6. The molecule has 2 N–H and O–H groups in total. The Morgan fingerprint density at radius 1 is 1.26 bits per heavy atom. The molecule has 1 aliphatic carbocycles. The molecule has 1 aliphatic rings. The number of thioether (sulfide) groups is 1. The van der Waals surface area contributed by atoms with Crippen LogP contribution >= 0.6 is 23.1 Å². The summed E-state index contributed by atoms with van der Waals surface area (Å²) < 4.78 is 15.5. The van der Waals surface area contributed by atoms with Crippen molar-refractivity contribution in [1.29, 1.82) is 0 Å². The van der Waals surface area contributed by atoms with E-state index in [-0.39, 0.29) is 17.2 Å². The maximum Gasteiger partial charge on any atom is 0.254 e. The first-order chi connectivity index (χ1) is 14.9. The zero-order chi connectivity index (χ0) is 22.0. The number of carbonyl (C=O) groups excluding carboxylic acids is 2. The minimum absolute atomic E-state index is 0.0377. The van der Waals surface area contributed by atoms with Gasteiger partial charge in [-0.05, 0) is 31.9 Å². The fourth-order valence-electron chi connectivity index (χ4n) is 2.88. The summed E-state index contributed by atoms with van der Waals surface area (Å²) in [5, 5.41) is 23.8. The lowest BCUT2D eigenvalue weighted by molar-refractivity contribution is -0.113. The molecule has 9 nitrogen and oxygen atoms in total. The number of carbonyl (C=O) groups is 2. The van der Waals surface area contributed by atoms with E-state index in [9.17, 15) is 14.0 Å². The van der Waals surface area contributed by atoms with Gasteiger partial charge in [-0.25, -0.2) is 4.39 Å². The highest BCUT2D eigenvalue weighted by atomic mass is 32.2. The summed E-state index contributed by atoms with van der Waals surface area (Å²) in [5.41, 5.74) is -0.0377. The molecule has 1 fully saturated rings. The Balaban J connectivity index is 1.32. The molecule has 12 heteroatoms. The zero-order valence-corrected chi connectivity index (χ0v) is 18.5.